The van der Waals surface area contributed by atoms with Gasteiger partial charge in [-0.1, -0.05) is 103 Å². The van der Waals surface area contributed by atoms with Crippen molar-refractivity contribution in [2.75, 3.05) is 4.90 Å². The Hall–Kier alpha value is -6.58. The van der Waals surface area contributed by atoms with Gasteiger partial charge in [-0.2, -0.15) is 0 Å². The van der Waals surface area contributed by atoms with Gasteiger partial charge < -0.3 is 13.9 Å². The van der Waals surface area contributed by atoms with Crippen LogP contribution in [0.2, 0.25) is 0 Å². The molecular formula is C46H30N2O. The van der Waals surface area contributed by atoms with Crippen LogP contribution in [0.1, 0.15) is 0 Å². The van der Waals surface area contributed by atoms with Crippen molar-refractivity contribution in [3.63, 3.8) is 0 Å². The number of furan rings is 1. The van der Waals surface area contributed by atoms with Crippen LogP contribution in [0.25, 0.3) is 71.3 Å². The Morgan fingerprint density at radius 3 is 1.82 bits per heavy atom. The maximum atomic E-state index is 6.52. The molecule has 0 atom stereocenters. The number of aromatic nitrogens is 1. The lowest BCUT2D eigenvalue weighted by molar-refractivity contribution is 0.669. The molecule has 8 aromatic carbocycles. The van der Waals surface area contributed by atoms with Gasteiger partial charge in [0.1, 0.15) is 11.2 Å². The molecule has 0 bridgehead atoms. The van der Waals surface area contributed by atoms with Crippen molar-refractivity contribution in [1.82, 2.24) is 4.57 Å². The first-order valence-electron chi connectivity index (χ1n) is 16.7. The number of hydrogen-bond donors (Lipinski definition) is 0. The third kappa shape index (κ3) is 4.29. The highest BCUT2D eigenvalue weighted by molar-refractivity contribution is 6.22. The third-order valence-corrected chi connectivity index (χ3v) is 9.76. The van der Waals surface area contributed by atoms with E-state index >= 15 is 0 Å². The Bertz CT molecular complexity index is 2770. The second kappa shape index (κ2) is 11.0. The quantitative estimate of drug-likeness (QED) is 0.190. The predicted octanol–water partition coefficient (Wildman–Crippen LogP) is 13.0. The molecule has 0 N–H and O–H groups in total. The molecule has 230 valence electrons. The summed E-state index contributed by atoms with van der Waals surface area (Å²) in [5, 5.41) is 7.08. The summed E-state index contributed by atoms with van der Waals surface area (Å²) in [6.07, 6.45) is 0. The fraction of sp³-hybridized carbons (Fsp3) is 0. The molecule has 0 aliphatic heterocycles. The summed E-state index contributed by atoms with van der Waals surface area (Å²) < 4.78 is 8.90. The smallest absolute Gasteiger partial charge is 0.136 e. The molecule has 10 rings (SSSR count). The minimum absolute atomic E-state index is 0.888. The van der Waals surface area contributed by atoms with Gasteiger partial charge in [-0.3, -0.25) is 0 Å². The summed E-state index contributed by atoms with van der Waals surface area (Å²) in [6.45, 7) is 0. The highest BCUT2D eigenvalue weighted by Crippen LogP contribution is 2.44. The molecule has 0 saturated carbocycles. The van der Waals surface area contributed by atoms with Gasteiger partial charge in [0.05, 0.1) is 16.7 Å². The van der Waals surface area contributed by atoms with Crippen molar-refractivity contribution in [3.05, 3.63) is 182 Å². The molecule has 3 heteroatoms. The lowest BCUT2D eigenvalue weighted by atomic mass is 9.96. The van der Waals surface area contributed by atoms with Crippen LogP contribution in [0.3, 0.4) is 0 Å². The van der Waals surface area contributed by atoms with Gasteiger partial charge in [0, 0.05) is 44.0 Å². The van der Waals surface area contributed by atoms with Crippen molar-refractivity contribution < 1.29 is 4.42 Å². The molecule has 2 heterocycles. The maximum absolute atomic E-state index is 6.52. The minimum atomic E-state index is 0.888. The molecule has 0 saturated heterocycles. The Labute approximate surface area is 283 Å². The van der Waals surface area contributed by atoms with Crippen LogP contribution in [-0.4, -0.2) is 4.57 Å². The van der Waals surface area contributed by atoms with Crippen LogP contribution in [0, 0.1) is 0 Å². The average Bonchev–Trinajstić information content (AvgIpc) is 3.72. The van der Waals surface area contributed by atoms with E-state index in [1.165, 1.54) is 43.7 Å². The number of rotatable bonds is 5. The Morgan fingerprint density at radius 1 is 0.408 bits per heavy atom. The SMILES string of the molecule is c1ccc(N(c2ccccc2)c2cccc3c2ccc2oc4ccc(-c5cccc6c5c5ccccc5n6-c5ccccc5)cc4c23)cc1. The first-order chi connectivity index (χ1) is 24.3. The first-order valence-corrected chi connectivity index (χ1v) is 16.7. The van der Waals surface area contributed by atoms with Crippen molar-refractivity contribution in [2.24, 2.45) is 0 Å². The summed E-state index contributed by atoms with van der Waals surface area (Å²) in [5.41, 5.74) is 11.1. The van der Waals surface area contributed by atoms with Gasteiger partial charge in [-0.25, -0.2) is 0 Å². The van der Waals surface area contributed by atoms with E-state index in [1.807, 2.05) is 0 Å². The molecule has 0 radical (unpaired) electrons. The summed E-state index contributed by atoms with van der Waals surface area (Å²) in [7, 11) is 0. The third-order valence-electron chi connectivity index (χ3n) is 9.76. The number of hydrogen-bond acceptors (Lipinski definition) is 2. The highest BCUT2D eigenvalue weighted by Gasteiger charge is 2.20. The molecule has 0 aliphatic carbocycles. The van der Waals surface area contributed by atoms with Crippen molar-refractivity contribution >= 4 is 71.6 Å². The molecule has 0 aliphatic rings. The van der Waals surface area contributed by atoms with Crippen molar-refractivity contribution in [1.29, 1.82) is 0 Å². The Balaban J connectivity index is 1.22. The highest BCUT2D eigenvalue weighted by atomic mass is 16.3. The van der Waals surface area contributed by atoms with E-state index in [1.54, 1.807) is 0 Å². The summed E-state index contributed by atoms with van der Waals surface area (Å²) in [6, 6.07) is 64.8. The van der Waals surface area contributed by atoms with Gasteiger partial charge in [0.25, 0.3) is 0 Å². The lowest BCUT2D eigenvalue weighted by Gasteiger charge is -2.26. The zero-order valence-corrected chi connectivity index (χ0v) is 26.6. The lowest BCUT2D eigenvalue weighted by Crippen LogP contribution is -2.10. The van der Waals surface area contributed by atoms with Crippen LogP contribution >= 0.6 is 0 Å². The summed E-state index contributed by atoms with van der Waals surface area (Å²) in [5.74, 6) is 0. The number of anilines is 3. The molecule has 2 aromatic heterocycles. The summed E-state index contributed by atoms with van der Waals surface area (Å²) in [4.78, 5) is 2.34. The van der Waals surface area contributed by atoms with E-state index in [9.17, 15) is 0 Å². The first kappa shape index (κ1) is 27.5. The average molecular weight is 627 g/mol. The Morgan fingerprint density at radius 2 is 1.04 bits per heavy atom. The largest absolute Gasteiger partial charge is 0.456 e. The van der Waals surface area contributed by atoms with Crippen LogP contribution < -0.4 is 4.90 Å². The fourth-order valence-corrected chi connectivity index (χ4v) is 7.68. The van der Waals surface area contributed by atoms with E-state index in [2.05, 4.69) is 191 Å². The molecule has 0 amide bonds. The molecule has 0 spiro atoms. The predicted molar refractivity (Wildman–Crippen MR) is 206 cm³/mol. The van der Waals surface area contributed by atoms with Crippen LogP contribution in [0.5, 0.6) is 0 Å². The van der Waals surface area contributed by atoms with Gasteiger partial charge in [-0.05, 0) is 95.4 Å². The van der Waals surface area contributed by atoms with E-state index in [-0.39, 0.29) is 0 Å². The van der Waals surface area contributed by atoms with E-state index < -0.39 is 0 Å². The topological polar surface area (TPSA) is 21.3 Å². The number of para-hydroxylation sites is 4. The minimum Gasteiger partial charge on any atom is -0.456 e. The molecule has 0 unspecified atom stereocenters. The van der Waals surface area contributed by atoms with E-state index in [0.29, 0.717) is 0 Å². The number of fused-ring (bicyclic) bond motifs is 8. The van der Waals surface area contributed by atoms with Crippen LogP contribution in [-0.2, 0) is 0 Å². The van der Waals surface area contributed by atoms with E-state index in [4.69, 9.17) is 4.42 Å². The van der Waals surface area contributed by atoms with Crippen molar-refractivity contribution in [3.8, 4) is 16.8 Å². The van der Waals surface area contributed by atoms with Crippen molar-refractivity contribution in [2.45, 2.75) is 0 Å². The van der Waals surface area contributed by atoms with Gasteiger partial charge in [0.2, 0.25) is 0 Å². The van der Waals surface area contributed by atoms with E-state index in [0.717, 1.165) is 44.7 Å². The second-order valence-corrected chi connectivity index (χ2v) is 12.5. The molecule has 3 nitrogen and oxygen atoms in total. The van der Waals surface area contributed by atoms with Gasteiger partial charge in [0.15, 0.2) is 0 Å². The van der Waals surface area contributed by atoms with Crippen LogP contribution in [0.4, 0.5) is 17.1 Å². The zero-order valence-electron chi connectivity index (χ0n) is 26.6. The summed E-state index contributed by atoms with van der Waals surface area (Å²) >= 11 is 0. The van der Waals surface area contributed by atoms with Gasteiger partial charge in [-0.15, -0.1) is 0 Å². The fourth-order valence-electron chi connectivity index (χ4n) is 7.68. The molecule has 49 heavy (non-hydrogen) atoms. The second-order valence-electron chi connectivity index (χ2n) is 12.5. The Kier molecular flexibility index (Phi) is 6.18. The normalized spacial score (nSPS) is 11.7. The van der Waals surface area contributed by atoms with Crippen LogP contribution in [0.15, 0.2) is 186 Å². The zero-order chi connectivity index (χ0) is 32.3. The molecular weight excluding hydrogens is 597 g/mol. The maximum Gasteiger partial charge on any atom is 0.136 e. The number of benzene rings is 8. The monoisotopic (exact) mass is 626 g/mol. The molecule has 10 aromatic rings. The number of nitrogens with zero attached hydrogens (tertiary/aromatic N) is 2. The van der Waals surface area contributed by atoms with Gasteiger partial charge >= 0.3 is 0 Å². The molecule has 0 fully saturated rings. The standard InChI is InChI=1S/C46H30N2O/c1-4-14-32(15-5-1)47(33-16-6-2-7-17-33)40-24-13-22-37-36(40)27-29-44-46(37)39-30-31(26-28-43(39)49-44)35-21-12-25-42-45(35)38-20-10-11-23-41(38)48(42)34-18-8-3-9-19-34/h1-30H.